The van der Waals surface area contributed by atoms with Crippen molar-refractivity contribution in [2.24, 2.45) is 5.73 Å². The summed E-state index contributed by atoms with van der Waals surface area (Å²) in [5, 5.41) is 0.637. The third-order valence-corrected chi connectivity index (χ3v) is 3.53. The molecule has 2 N–H and O–H groups in total. The highest BCUT2D eigenvalue weighted by Gasteiger charge is 2.17. The van der Waals surface area contributed by atoms with Gasteiger partial charge in [0.15, 0.2) is 0 Å². The number of hydrogen-bond donors (Lipinski definition) is 1. The van der Waals surface area contributed by atoms with Crippen molar-refractivity contribution >= 4 is 11.8 Å². The molecule has 84 valence electrons. The first-order valence-corrected chi connectivity index (χ1v) is 6.31. The first-order chi connectivity index (χ1) is 6.95. The maximum Gasteiger partial charge on any atom is 0.00747 e. The molecule has 0 heterocycles. The number of rotatable bonds is 4. The zero-order valence-corrected chi connectivity index (χ0v) is 10.9. The fourth-order valence-electron chi connectivity index (χ4n) is 1.37. The number of nitrogens with two attached hydrogens (primary N) is 1. The molecule has 15 heavy (non-hydrogen) atoms. The molecule has 0 spiro atoms. The number of thioether (sulfide) groups is 1. The molecule has 0 atom stereocenters. The van der Waals surface area contributed by atoms with Crippen molar-refractivity contribution in [3.05, 3.63) is 29.8 Å². The molecule has 0 aliphatic rings. The van der Waals surface area contributed by atoms with E-state index >= 15 is 0 Å². The predicted molar refractivity (Wildman–Crippen MR) is 69.5 cm³/mol. The molecule has 0 amide bonds. The monoisotopic (exact) mass is 223 g/mol. The maximum absolute atomic E-state index is 5.75. The van der Waals surface area contributed by atoms with Crippen molar-refractivity contribution in [2.45, 2.75) is 43.3 Å². The van der Waals surface area contributed by atoms with Crippen molar-refractivity contribution in [1.29, 1.82) is 0 Å². The zero-order chi connectivity index (χ0) is 11.5. The van der Waals surface area contributed by atoms with E-state index in [1.54, 1.807) is 0 Å². The van der Waals surface area contributed by atoms with Crippen LogP contribution in [-0.2, 0) is 5.41 Å². The first-order valence-electron chi connectivity index (χ1n) is 5.43. The van der Waals surface area contributed by atoms with E-state index in [0.717, 1.165) is 0 Å². The highest BCUT2D eigenvalue weighted by Crippen LogP contribution is 2.27. The van der Waals surface area contributed by atoms with Crippen LogP contribution in [0.1, 0.15) is 33.3 Å². The van der Waals surface area contributed by atoms with Gasteiger partial charge in [-0.05, 0) is 17.7 Å². The minimum atomic E-state index is 0.0844. The SMILES string of the molecule is CC(C)Sc1ccc(C(C)(C)CN)cc1. The lowest BCUT2D eigenvalue weighted by Gasteiger charge is -2.23. The van der Waals surface area contributed by atoms with Crippen LogP contribution in [-0.4, -0.2) is 11.8 Å². The van der Waals surface area contributed by atoms with Crippen molar-refractivity contribution in [1.82, 2.24) is 0 Å². The van der Waals surface area contributed by atoms with Gasteiger partial charge in [0.2, 0.25) is 0 Å². The zero-order valence-electron chi connectivity index (χ0n) is 10.1. The molecule has 1 rings (SSSR count). The van der Waals surface area contributed by atoms with Crippen LogP contribution in [0.2, 0.25) is 0 Å². The molecule has 0 fully saturated rings. The average molecular weight is 223 g/mol. The van der Waals surface area contributed by atoms with Crippen LogP contribution in [0.3, 0.4) is 0 Å². The van der Waals surface area contributed by atoms with Crippen LogP contribution in [0.25, 0.3) is 0 Å². The second-order valence-electron chi connectivity index (χ2n) is 4.78. The minimum Gasteiger partial charge on any atom is -0.330 e. The second-order valence-corrected chi connectivity index (χ2v) is 6.43. The van der Waals surface area contributed by atoms with Crippen molar-refractivity contribution in [2.75, 3.05) is 6.54 Å². The van der Waals surface area contributed by atoms with E-state index in [-0.39, 0.29) is 5.41 Å². The Kier molecular flexibility index (Phi) is 4.23. The van der Waals surface area contributed by atoms with Crippen LogP contribution in [0.4, 0.5) is 0 Å². The Bertz CT molecular complexity index is 301. The molecule has 0 aromatic heterocycles. The van der Waals surface area contributed by atoms with Gasteiger partial charge in [-0.2, -0.15) is 0 Å². The van der Waals surface area contributed by atoms with Gasteiger partial charge >= 0.3 is 0 Å². The van der Waals surface area contributed by atoms with Gasteiger partial charge in [0.05, 0.1) is 0 Å². The summed E-state index contributed by atoms with van der Waals surface area (Å²) in [6, 6.07) is 8.77. The third kappa shape index (κ3) is 3.54. The largest absolute Gasteiger partial charge is 0.330 e. The minimum absolute atomic E-state index is 0.0844. The molecule has 1 aromatic rings. The summed E-state index contributed by atoms with van der Waals surface area (Å²) in [5.41, 5.74) is 7.15. The van der Waals surface area contributed by atoms with Gasteiger partial charge in [0.1, 0.15) is 0 Å². The van der Waals surface area contributed by atoms with E-state index in [9.17, 15) is 0 Å². The maximum atomic E-state index is 5.75. The van der Waals surface area contributed by atoms with E-state index in [4.69, 9.17) is 5.73 Å². The number of benzene rings is 1. The molecule has 1 nitrogen and oxygen atoms in total. The molecular formula is C13H21NS. The molecule has 0 radical (unpaired) electrons. The lowest BCUT2D eigenvalue weighted by atomic mass is 9.85. The normalized spacial score (nSPS) is 12.1. The van der Waals surface area contributed by atoms with E-state index in [1.807, 2.05) is 11.8 Å². The van der Waals surface area contributed by atoms with Crippen LogP contribution in [0.15, 0.2) is 29.2 Å². The quantitative estimate of drug-likeness (QED) is 0.791. The summed E-state index contributed by atoms with van der Waals surface area (Å²) in [6.07, 6.45) is 0. The van der Waals surface area contributed by atoms with Crippen LogP contribution in [0, 0.1) is 0 Å². The average Bonchev–Trinajstić information content (AvgIpc) is 2.18. The summed E-state index contributed by atoms with van der Waals surface area (Å²) < 4.78 is 0. The van der Waals surface area contributed by atoms with Gasteiger partial charge in [-0.25, -0.2) is 0 Å². The molecule has 2 heteroatoms. The molecule has 0 unspecified atom stereocenters. The smallest absolute Gasteiger partial charge is 0.00747 e. The Labute approximate surface area is 97.4 Å². The molecule has 0 bridgehead atoms. The van der Waals surface area contributed by atoms with Gasteiger partial charge in [-0.3, -0.25) is 0 Å². The van der Waals surface area contributed by atoms with Gasteiger partial charge in [0, 0.05) is 22.1 Å². The highest BCUT2D eigenvalue weighted by molar-refractivity contribution is 7.99. The summed E-state index contributed by atoms with van der Waals surface area (Å²) in [7, 11) is 0. The Morgan fingerprint density at radius 1 is 1.20 bits per heavy atom. The summed E-state index contributed by atoms with van der Waals surface area (Å²) in [4.78, 5) is 1.33. The lowest BCUT2D eigenvalue weighted by molar-refractivity contribution is 0.538. The topological polar surface area (TPSA) is 26.0 Å². The standard InChI is InChI=1S/C13H21NS/c1-10(2)15-12-7-5-11(6-8-12)13(3,4)9-14/h5-8,10H,9,14H2,1-4H3. The third-order valence-electron chi connectivity index (χ3n) is 2.52. The summed E-state index contributed by atoms with van der Waals surface area (Å²) in [5.74, 6) is 0. The Hall–Kier alpha value is -0.470. The number of hydrogen-bond acceptors (Lipinski definition) is 2. The molecule has 0 aliphatic carbocycles. The van der Waals surface area contributed by atoms with Crippen molar-refractivity contribution in [3.8, 4) is 0 Å². The predicted octanol–water partition coefficient (Wildman–Crippen LogP) is 3.42. The van der Waals surface area contributed by atoms with Crippen LogP contribution in [0.5, 0.6) is 0 Å². The van der Waals surface area contributed by atoms with Gasteiger partial charge < -0.3 is 5.73 Å². The van der Waals surface area contributed by atoms with E-state index in [2.05, 4.69) is 52.0 Å². The second kappa shape index (κ2) is 5.04. The van der Waals surface area contributed by atoms with E-state index in [1.165, 1.54) is 10.5 Å². The summed E-state index contributed by atoms with van der Waals surface area (Å²) >= 11 is 1.89. The van der Waals surface area contributed by atoms with Crippen LogP contribution >= 0.6 is 11.8 Å². The van der Waals surface area contributed by atoms with Crippen molar-refractivity contribution < 1.29 is 0 Å². The Balaban J connectivity index is 2.81. The highest BCUT2D eigenvalue weighted by atomic mass is 32.2. The molecular weight excluding hydrogens is 202 g/mol. The lowest BCUT2D eigenvalue weighted by Crippen LogP contribution is -2.27. The fraction of sp³-hybridized carbons (Fsp3) is 0.538. The first kappa shape index (κ1) is 12.6. The summed E-state index contributed by atoms with van der Waals surface area (Å²) in [6.45, 7) is 9.46. The molecule has 1 aromatic carbocycles. The molecule has 0 aliphatic heterocycles. The van der Waals surface area contributed by atoms with Crippen molar-refractivity contribution in [3.63, 3.8) is 0 Å². The Morgan fingerprint density at radius 2 is 1.73 bits per heavy atom. The molecule has 0 saturated carbocycles. The van der Waals surface area contributed by atoms with E-state index < -0.39 is 0 Å². The fourth-order valence-corrected chi connectivity index (χ4v) is 2.21. The molecule has 0 saturated heterocycles. The van der Waals surface area contributed by atoms with Gasteiger partial charge in [0.25, 0.3) is 0 Å². The van der Waals surface area contributed by atoms with Crippen LogP contribution < -0.4 is 5.73 Å². The van der Waals surface area contributed by atoms with Gasteiger partial charge in [-0.15, -0.1) is 11.8 Å². The van der Waals surface area contributed by atoms with E-state index in [0.29, 0.717) is 11.8 Å². The Morgan fingerprint density at radius 3 is 2.13 bits per heavy atom. The van der Waals surface area contributed by atoms with Gasteiger partial charge in [-0.1, -0.05) is 39.8 Å².